The van der Waals surface area contributed by atoms with Crippen LogP contribution in [-0.4, -0.2) is 26.1 Å². The molecule has 1 saturated heterocycles. The number of rotatable bonds is 2. The van der Waals surface area contributed by atoms with Gasteiger partial charge in [-0.05, 0) is 25.5 Å². The predicted octanol–water partition coefficient (Wildman–Crippen LogP) is 4.82. The van der Waals surface area contributed by atoms with Gasteiger partial charge in [-0.3, -0.25) is 0 Å². The molecule has 0 bridgehead atoms. The van der Waals surface area contributed by atoms with Crippen molar-refractivity contribution >= 4 is 30.1 Å². The van der Waals surface area contributed by atoms with Crippen LogP contribution < -0.4 is 0 Å². The van der Waals surface area contributed by atoms with E-state index in [-0.39, 0.29) is 12.2 Å². The molecule has 1 aromatic carbocycles. The highest BCUT2D eigenvalue weighted by atomic mass is 79.9. The van der Waals surface area contributed by atoms with Gasteiger partial charge in [-0.15, -0.1) is 5.54 Å². The molecule has 2 rings (SSSR count). The Balaban J connectivity index is 2.25. The summed E-state index contributed by atoms with van der Waals surface area (Å²) < 4.78 is 13.0. The summed E-state index contributed by atoms with van der Waals surface area (Å²) in [6, 6.07) is 10.2. The van der Waals surface area contributed by atoms with Crippen molar-refractivity contribution in [3.05, 3.63) is 40.4 Å². The third-order valence-electron chi connectivity index (χ3n) is 3.06. The highest BCUT2D eigenvalue weighted by Gasteiger charge is 2.42. The van der Waals surface area contributed by atoms with Crippen LogP contribution in [0, 0.1) is 11.5 Å². The van der Waals surface area contributed by atoms with E-state index in [9.17, 15) is 0 Å². The predicted molar refractivity (Wildman–Crippen MR) is 98.3 cm³/mol. The highest BCUT2D eigenvalue weighted by Crippen LogP contribution is 2.35. The Bertz CT molecular complexity index is 605. The average Bonchev–Trinajstić information content (AvgIpc) is 2.72. The monoisotopic (exact) mass is 378 g/mol. The van der Waals surface area contributed by atoms with Crippen LogP contribution in [0.3, 0.4) is 0 Å². The van der Waals surface area contributed by atoms with E-state index in [1.165, 1.54) is 0 Å². The van der Waals surface area contributed by atoms with Crippen molar-refractivity contribution in [3.63, 3.8) is 0 Å². The Morgan fingerprint density at radius 1 is 1.18 bits per heavy atom. The van der Waals surface area contributed by atoms with Gasteiger partial charge in [-0.1, -0.05) is 71.8 Å². The molecule has 1 aromatic rings. The standard InChI is InChI=1S/C18H23BrO2Si/c1-18(2)20-16(11-12-22(3,4)5)17(21-18)15(19)13-14-9-7-6-8-10-14/h6-10,13,16-17H,1-5H3/b15-13+/t16-,17+/m0/s1. The normalized spacial score (nSPS) is 24.7. The molecule has 1 fully saturated rings. The Morgan fingerprint density at radius 2 is 1.82 bits per heavy atom. The molecule has 22 heavy (non-hydrogen) atoms. The van der Waals surface area contributed by atoms with Crippen LogP contribution in [0.15, 0.2) is 34.8 Å². The molecule has 1 aliphatic heterocycles. The smallest absolute Gasteiger partial charge is 0.165 e. The Hall–Kier alpha value is -0.863. The molecule has 4 heteroatoms. The van der Waals surface area contributed by atoms with E-state index in [2.05, 4.69) is 65.2 Å². The molecule has 118 valence electrons. The second-order valence-corrected chi connectivity index (χ2v) is 12.6. The minimum absolute atomic E-state index is 0.195. The third kappa shape index (κ3) is 5.10. The summed E-state index contributed by atoms with van der Waals surface area (Å²) in [5, 5.41) is 0. The lowest BCUT2D eigenvalue weighted by Gasteiger charge is -2.16. The number of ether oxygens (including phenoxy) is 2. The zero-order valence-corrected chi connectivity index (χ0v) is 16.4. The van der Waals surface area contributed by atoms with E-state index in [4.69, 9.17) is 9.47 Å². The number of benzene rings is 1. The fourth-order valence-electron chi connectivity index (χ4n) is 2.15. The SMILES string of the molecule is CC1(C)O[C@@H](C#C[Si](C)(C)C)[C@@H](/C(Br)=C\c2ccccc2)O1. The molecule has 1 heterocycles. The summed E-state index contributed by atoms with van der Waals surface area (Å²) in [4.78, 5) is 0. The van der Waals surface area contributed by atoms with Crippen LogP contribution in [0.4, 0.5) is 0 Å². The highest BCUT2D eigenvalue weighted by molar-refractivity contribution is 9.11. The van der Waals surface area contributed by atoms with Gasteiger partial charge in [0.2, 0.25) is 0 Å². The summed E-state index contributed by atoms with van der Waals surface area (Å²) in [5.74, 6) is 2.67. The van der Waals surface area contributed by atoms with Gasteiger partial charge in [0.1, 0.15) is 14.2 Å². The van der Waals surface area contributed by atoms with Crippen LogP contribution >= 0.6 is 15.9 Å². The number of halogens is 1. The maximum absolute atomic E-state index is 6.04. The van der Waals surface area contributed by atoms with Gasteiger partial charge < -0.3 is 9.47 Å². The molecule has 0 radical (unpaired) electrons. The van der Waals surface area contributed by atoms with Crippen LogP contribution in [0.5, 0.6) is 0 Å². The molecule has 0 spiro atoms. The quantitative estimate of drug-likeness (QED) is 0.542. The minimum Gasteiger partial charge on any atom is -0.338 e. The van der Waals surface area contributed by atoms with Crippen molar-refractivity contribution in [2.45, 2.75) is 51.5 Å². The molecular formula is C18H23BrO2Si. The molecule has 2 nitrogen and oxygen atoms in total. The maximum Gasteiger partial charge on any atom is 0.165 e. The molecular weight excluding hydrogens is 356 g/mol. The first-order chi connectivity index (χ1) is 10.2. The molecule has 0 aliphatic carbocycles. The van der Waals surface area contributed by atoms with Crippen molar-refractivity contribution in [2.75, 3.05) is 0 Å². The van der Waals surface area contributed by atoms with Gasteiger partial charge in [0.05, 0.1) is 0 Å². The van der Waals surface area contributed by atoms with Gasteiger partial charge in [-0.2, -0.15) is 0 Å². The molecule has 0 aromatic heterocycles. The molecule has 0 N–H and O–H groups in total. The molecule has 0 amide bonds. The van der Waals surface area contributed by atoms with Gasteiger partial charge in [0, 0.05) is 4.48 Å². The van der Waals surface area contributed by atoms with Crippen molar-refractivity contribution in [1.82, 2.24) is 0 Å². The average molecular weight is 379 g/mol. The first-order valence-corrected chi connectivity index (χ1v) is 11.8. The lowest BCUT2D eigenvalue weighted by atomic mass is 10.1. The first-order valence-electron chi connectivity index (χ1n) is 7.47. The maximum atomic E-state index is 6.04. The van der Waals surface area contributed by atoms with Crippen molar-refractivity contribution < 1.29 is 9.47 Å². The van der Waals surface area contributed by atoms with Crippen LogP contribution in [0.1, 0.15) is 19.4 Å². The van der Waals surface area contributed by atoms with E-state index >= 15 is 0 Å². The van der Waals surface area contributed by atoms with Crippen molar-refractivity contribution in [1.29, 1.82) is 0 Å². The van der Waals surface area contributed by atoms with Gasteiger partial charge in [0.15, 0.2) is 11.9 Å². The minimum atomic E-state index is -1.44. The first kappa shape index (κ1) is 17.5. The molecule has 2 atom stereocenters. The summed E-state index contributed by atoms with van der Waals surface area (Å²) in [6.45, 7) is 10.5. The molecule has 1 aliphatic rings. The van der Waals surface area contributed by atoms with E-state index in [0.717, 1.165) is 10.0 Å². The fraction of sp³-hybridized carbons (Fsp3) is 0.444. The summed E-state index contributed by atoms with van der Waals surface area (Å²) in [5.41, 5.74) is 4.51. The van der Waals surface area contributed by atoms with E-state index < -0.39 is 13.9 Å². The van der Waals surface area contributed by atoms with Crippen molar-refractivity contribution in [3.8, 4) is 11.5 Å². The molecule has 0 unspecified atom stereocenters. The second kappa shape index (κ2) is 6.72. The second-order valence-electron chi connectivity index (χ2n) is 6.94. The van der Waals surface area contributed by atoms with Crippen molar-refractivity contribution in [2.24, 2.45) is 0 Å². The Kier molecular flexibility index (Phi) is 5.34. The van der Waals surface area contributed by atoms with E-state index in [1.807, 2.05) is 32.0 Å². The van der Waals surface area contributed by atoms with Crippen LogP contribution in [-0.2, 0) is 9.47 Å². The van der Waals surface area contributed by atoms with Crippen LogP contribution in [0.25, 0.3) is 6.08 Å². The van der Waals surface area contributed by atoms with E-state index in [1.54, 1.807) is 0 Å². The zero-order chi connectivity index (χ0) is 16.4. The lowest BCUT2D eigenvalue weighted by Crippen LogP contribution is -2.23. The van der Waals surface area contributed by atoms with E-state index in [0.29, 0.717) is 0 Å². The fourth-order valence-corrected chi connectivity index (χ4v) is 3.32. The number of hydrogen-bond acceptors (Lipinski definition) is 2. The Labute approximate surface area is 143 Å². The van der Waals surface area contributed by atoms with Gasteiger partial charge in [0.25, 0.3) is 0 Å². The molecule has 0 saturated carbocycles. The zero-order valence-electron chi connectivity index (χ0n) is 13.8. The van der Waals surface area contributed by atoms with Gasteiger partial charge in [-0.25, -0.2) is 0 Å². The van der Waals surface area contributed by atoms with Gasteiger partial charge >= 0.3 is 0 Å². The summed E-state index contributed by atoms with van der Waals surface area (Å²) in [6.07, 6.45) is 1.63. The topological polar surface area (TPSA) is 18.5 Å². The largest absolute Gasteiger partial charge is 0.338 e. The number of hydrogen-bond donors (Lipinski definition) is 0. The summed E-state index contributed by atoms with van der Waals surface area (Å²) in [7, 11) is -1.44. The third-order valence-corrected chi connectivity index (χ3v) is 4.64. The Morgan fingerprint density at radius 3 is 2.41 bits per heavy atom. The summed E-state index contributed by atoms with van der Waals surface area (Å²) >= 11 is 3.65. The van der Waals surface area contributed by atoms with Crippen LogP contribution in [0.2, 0.25) is 19.6 Å². The lowest BCUT2D eigenvalue weighted by molar-refractivity contribution is -0.138.